The van der Waals surface area contributed by atoms with E-state index in [1.165, 1.54) is 0 Å². The van der Waals surface area contributed by atoms with Crippen LogP contribution in [0.5, 0.6) is 0 Å². The third-order valence-electron chi connectivity index (χ3n) is 12.5. The van der Waals surface area contributed by atoms with Gasteiger partial charge in [0.1, 0.15) is 11.2 Å². The fraction of sp³-hybridized carbons (Fsp3) is 0.696. The van der Waals surface area contributed by atoms with Crippen LogP contribution in [0.15, 0.2) is 28.7 Å². The zero-order valence-corrected chi connectivity index (χ0v) is 45.5. The highest BCUT2D eigenvalue weighted by Crippen LogP contribution is 2.43. The number of rotatable bonds is 6. The molecule has 0 unspecified atom stereocenters. The molecule has 3 aliphatic rings. The van der Waals surface area contributed by atoms with Crippen molar-refractivity contribution in [2.45, 2.75) is 209 Å². The second-order valence-electron chi connectivity index (χ2n) is 21.8. The van der Waals surface area contributed by atoms with E-state index in [-0.39, 0.29) is 34.5 Å². The standard InChI is InChI=1S/C20H31BClNO4.C14H19BrClNO2.C12H24B2O4/c1-12-15(21-26-19(6,7)20(8,9)27-21)11-10-14(16(12)22)13(2)23-17(24)25-18(3,4)5;1-8-11(15)7-6-10(12(8)16)9(2)17-13(18)19-14(3,4)5;1-9(2)10(3,4)16-13(15-9)14-17-11(5,6)12(7,8)18-14/h10-11,13H,1-9H3,(H,23,24);6-7,9H,1-5H3,(H,17,18);1-8H3/t13-;9-;/m11./s1. The number of alkyl carbamates (subject to hydrolysis) is 2. The minimum absolute atomic E-state index is 0.214. The first-order valence-corrected chi connectivity index (χ1v) is 23.5. The number of nitrogens with one attached hydrogen (secondary N) is 2. The van der Waals surface area contributed by atoms with E-state index in [0.29, 0.717) is 10.0 Å². The van der Waals surface area contributed by atoms with Gasteiger partial charge in [0.15, 0.2) is 0 Å². The van der Waals surface area contributed by atoms with Crippen LogP contribution in [-0.2, 0) is 37.4 Å². The molecule has 0 bridgehead atoms. The second-order valence-corrected chi connectivity index (χ2v) is 23.4. The fourth-order valence-corrected chi connectivity index (χ4v) is 7.53. The molecule has 0 radical (unpaired) electrons. The Kier molecular flexibility index (Phi) is 17.5. The normalized spacial score (nSPS) is 21.2. The summed E-state index contributed by atoms with van der Waals surface area (Å²) in [5.74, 6) is 0. The average molecular weight is 998 g/mol. The SMILES string of the molecule is CC1(C)OB(B2OC(C)(C)C(C)(C)O2)OC1(C)C.Cc1c(B2OC(C)(C)C(C)(C)O2)ccc([C@@H](C)NC(=O)OC(C)(C)C)c1Cl.Cc1c(Br)ccc([C@@H](C)NC(=O)OC(C)(C)C)c1Cl. The number of carbonyl (C=O) groups is 2. The summed E-state index contributed by atoms with van der Waals surface area (Å²) >= 11 is 16.3. The molecule has 358 valence electrons. The van der Waals surface area contributed by atoms with Crippen molar-refractivity contribution in [1.82, 2.24) is 10.6 Å². The number of hydrogen-bond acceptors (Lipinski definition) is 10. The number of ether oxygens (including phenoxy) is 2. The van der Waals surface area contributed by atoms with Crippen molar-refractivity contribution in [2.24, 2.45) is 0 Å². The minimum Gasteiger partial charge on any atom is -0.444 e. The number of halogens is 3. The number of amides is 2. The smallest absolute Gasteiger partial charge is 0.444 e. The zero-order valence-electron chi connectivity index (χ0n) is 42.4. The zero-order chi connectivity index (χ0) is 49.6. The van der Waals surface area contributed by atoms with Gasteiger partial charge in [0.2, 0.25) is 0 Å². The molecular formula is C46H74B3BrCl2N2O10. The van der Waals surface area contributed by atoms with E-state index in [1.54, 1.807) is 0 Å². The van der Waals surface area contributed by atoms with E-state index in [1.807, 2.05) is 177 Å². The van der Waals surface area contributed by atoms with Gasteiger partial charge >= 0.3 is 33.3 Å². The molecule has 3 fully saturated rings. The number of carbonyl (C=O) groups excluding carboxylic acids is 2. The number of hydrogen-bond donors (Lipinski definition) is 2. The predicted molar refractivity (Wildman–Crippen MR) is 264 cm³/mol. The summed E-state index contributed by atoms with van der Waals surface area (Å²) < 4.78 is 47.6. The molecule has 12 nitrogen and oxygen atoms in total. The van der Waals surface area contributed by atoms with E-state index < -0.39 is 55.7 Å². The average Bonchev–Trinajstić information content (AvgIpc) is 3.56. The summed E-state index contributed by atoms with van der Waals surface area (Å²) in [5, 5.41) is 6.85. The van der Waals surface area contributed by atoms with Gasteiger partial charge in [-0.1, -0.05) is 57.3 Å². The molecule has 2 atom stereocenters. The van der Waals surface area contributed by atoms with Crippen molar-refractivity contribution in [2.75, 3.05) is 0 Å². The lowest BCUT2D eigenvalue weighted by Gasteiger charge is -2.32. The molecule has 64 heavy (non-hydrogen) atoms. The molecular weight excluding hydrogens is 924 g/mol. The maximum Gasteiger partial charge on any atom is 0.495 e. The molecule has 0 saturated carbocycles. The van der Waals surface area contributed by atoms with Gasteiger partial charge in [-0.05, 0) is 186 Å². The molecule has 5 rings (SSSR count). The van der Waals surface area contributed by atoms with Gasteiger partial charge in [-0.3, -0.25) is 0 Å². The lowest BCUT2D eigenvalue weighted by molar-refractivity contribution is 0.00578. The van der Waals surface area contributed by atoms with Gasteiger partial charge in [-0.2, -0.15) is 0 Å². The third kappa shape index (κ3) is 13.8. The highest BCUT2D eigenvalue weighted by Gasteiger charge is 2.63. The van der Waals surface area contributed by atoms with Gasteiger partial charge in [-0.25, -0.2) is 9.59 Å². The van der Waals surface area contributed by atoms with E-state index in [0.717, 1.165) is 32.2 Å². The first-order chi connectivity index (χ1) is 28.6. The second kappa shape index (κ2) is 19.9. The molecule has 2 aromatic rings. The summed E-state index contributed by atoms with van der Waals surface area (Å²) in [7, 11) is -1.43. The van der Waals surface area contributed by atoms with Gasteiger partial charge in [0.25, 0.3) is 0 Å². The van der Waals surface area contributed by atoms with Crippen LogP contribution in [0.3, 0.4) is 0 Å². The Hall–Kier alpha value is -2.01. The van der Waals surface area contributed by atoms with Crippen molar-refractivity contribution in [3.63, 3.8) is 0 Å². The highest BCUT2D eigenvalue weighted by molar-refractivity contribution is 9.10. The van der Waals surface area contributed by atoms with Crippen molar-refractivity contribution < 1.29 is 47.0 Å². The Morgan fingerprint density at radius 3 is 1.19 bits per heavy atom. The van der Waals surface area contributed by atoms with Crippen LogP contribution in [0.2, 0.25) is 10.0 Å². The van der Waals surface area contributed by atoms with Gasteiger partial charge in [0.05, 0.1) is 45.7 Å². The van der Waals surface area contributed by atoms with Crippen LogP contribution in [0.4, 0.5) is 9.59 Å². The molecule has 3 heterocycles. The largest absolute Gasteiger partial charge is 0.495 e. The van der Waals surface area contributed by atoms with E-state index in [4.69, 9.17) is 60.6 Å². The lowest BCUT2D eigenvalue weighted by atomic mass is 9.49. The van der Waals surface area contributed by atoms with E-state index in [9.17, 15) is 9.59 Å². The molecule has 18 heteroatoms. The van der Waals surface area contributed by atoms with Crippen molar-refractivity contribution in [3.05, 3.63) is 61.0 Å². The highest BCUT2D eigenvalue weighted by atomic mass is 79.9. The molecule has 2 amide bonds. The summed E-state index contributed by atoms with van der Waals surface area (Å²) in [5.41, 5.74) is 1.09. The van der Waals surface area contributed by atoms with Crippen LogP contribution in [0.25, 0.3) is 0 Å². The van der Waals surface area contributed by atoms with Gasteiger partial charge < -0.3 is 48.0 Å². The Bertz CT molecular complexity index is 1920. The first-order valence-electron chi connectivity index (χ1n) is 21.9. The predicted octanol–water partition coefficient (Wildman–Crippen LogP) is 11.8. The Balaban J connectivity index is 0.000000263. The third-order valence-corrected chi connectivity index (χ3v) is 14.3. The van der Waals surface area contributed by atoms with Crippen molar-refractivity contribution in [1.29, 1.82) is 0 Å². The number of benzene rings is 2. The molecule has 2 N–H and O–H groups in total. The maximum atomic E-state index is 12.0. The van der Waals surface area contributed by atoms with Gasteiger partial charge in [-0.15, -0.1) is 0 Å². The minimum atomic E-state index is -0.551. The van der Waals surface area contributed by atoms with E-state index >= 15 is 0 Å². The van der Waals surface area contributed by atoms with Gasteiger partial charge in [0, 0.05) is 14.5 Å². The summed E-state index contributed by atoms with van der Waals surface area (Å²) in [6, 6.07) is 7.15. The molecule has 0 aliphatic carbocycles. The Morgan fingerprint density at radius 1 is 0.562 bits per heavy atom. The molecule has 2 aromatic carbocycles. The van der Waals surface area contributed by atoms with Crippen LogP contribution in [0.1, 0.15) is 173 Å². The summed E-state index contributed by atoms with van der Waals surface area (Å²) in [6.07, 6.45) is -0.921. The Morgan fingerprint density at radius 2 is 0.859 bits per heavy atom. The van der Waals surface area contributed by atoms with Crippen molar-refractivity contribution in [3.8, 4) is 0 Å². The topological polar surface area (TPSA) is 132 Å². The van der Waals surface area contributed by atoms with E-state index in [2.05, 4.69) is 26.6 Å². The molecule has 0 spiro atoms. The quantitative estimate of drug-likeness (QED) is 0.270. The maximum absolute atomic E-state index is 12.0. The molecule has 0 aromatic heterocycles. The summed E-state index contributed by atoms with van der Waals surface area (Å²) in [4.78, 5) is 23.8. The fourth-order valence-electron chi connectivity index (χ4n) is 6.42. The lowest BCUT2D eigenvalue weighted by Crippen LogP contribution is -2.41. The summed E-state index contributed by atoms with van der Waals surface area (Å²) in [6.45, 7) is 42.9. The Labute approximate surface area is 403 Å². The first kappa shape index (κ1) is 56.3. The van der Waals surface area contributed by atoms with Crippen LogP contribution < -0.4 is 16.1 Å². The van der Waals surface area contributed by atoms with Crippen LogP contribution in [0, 0.1) is 13.8 Å². The molecule has 3 aliphatic heterocycles. The van der Waals surface area contributed by atoms with Crippen LogP contribution in [-0.4, -0.2) is 78.1 Å². The van der Waals surface area contributed by atoms with Crippen LogP contribution >= 0.6 is 39.1 Å². The molecule has 3 saturated heterocycles. The van der Waals surface area contributed by atoms with Crippen molar-refractivity contribution >= 4 is 77.9 Å². The monoisotopic (exact) mass is 996 g/mol.